The van der Waals surface area contributed by atoms with Gasteiger partial charge in [-0.15, -0.1) is 27.8 Å². The highest BCUT2D eigenvalue weighted by Gasteiger charge is 2.45. The summed E-state index contributed by atoms with van der Waals surface area (Å²) in [5.41, 5.74) is 4.64. The minimum absolute atomic E-state index is 0.0326. The Morgan fingerprint density at radius 2 is 1.95 bits per heavy atom. The number of hydrogen-bond acceptors (Lipinski definition) is 12. The van der Waals surface area contributed by atoms with E-state index in [1.807, 2.05) is 17.5 Å². The van der Waals surface area contributed by atoms with Crippen LogP contribution in [-0.2, 0) is 41.1 Å². The minimum atomic E-state index is -1.82. The largest absolute Gasteiger partial charge is 0.506 e. The Balaban J connectivity index is 0.843. The number of pyridine rings is 1. The summed E-state index contributed by atoms with van der Waals surface area (Å²) in [6.07, 6.45) is 6.23. The van der Waals surface area contributed by atoms with Crippen molar-refractivity contribution in [3.05, 3.63) is 106 Å². The summed E-state index contributed by atoms with van der Waals surface area (Å²) in [7, 11) is 2.17. The molecule has 0 spiro atoms. The molecule has 0 saturated heterocycles. The molecule has 5 N–H and O–H groups in total. The van der Waals surface area contributed by atoms with Crippen molar-refractivity contribution < 1.29 is 24.9 Å². The summed E-state index contributed by atoms with van der Waals surface area (Å²) in [4.78, 5) is 31.5. The predicted molar refractivity (Wildman–Crippen MR) is 221 cm³/mol. The molecule has 0 aliphatic heterocycles. The number of carbonyl (C=O) groups is 1. The molecule has 0 bridgehead atoms. The van der Waals surface area contributed by atoms with Crippen LogP contribution in [0, 0.1) is 0 Å². The fourth-order valence-electron chi connectivity index (χ4n) is 8.47. The normalized spacial score (nSPS) is 18.7. The zero-order chi connectivity index (χ0) is 39.0. The summed E-state index contributed by atoms with van der Waals surface area (Å²) in [5.74, 6) is -0.644. The van der Waals surface area contributed by atoms with Gasteiger partial charge in [-0.05, 0) is 145 Å². The van der Waals surface area contributed by atoms with Crippen molar-refractivity contribution in [1.29, 1.82) is 0 Å². The summed E-state index contributed by atoms with van der Waals surface area (Å²) < 4.78 is 8.90. The van der Waals surface area contributed by atoms with Crippen LogP contribution in [0.15, 0.2) is 68.6 Å². The van der Waals surface area contributed by atoms with E-state index < -0.39 is 17.7 Å². The highest BCUT2D eigenvalue weighted by Crippen LogP contribution is 2.40. The number of halogens is 1. The smallest absolute Gasteiger partial charge is 0.349 e. The molecule has 15 heteroatoms. The molecule has 1 saturated carbocycles. The van der Waals surface area contributed by atoms with Crippen molar-refractivity contribution in [1.82, 2.24) is 30.2 Å². The number of aromatic hydroxyl groups is 1. The molecule has 4 aromatic heterocycles. The molecule has 1 fully saturated rings. The Hall–Kier alpha value is -3.96. The maximum absolute atomic E-state index is 13.5. The lowest BCUT2D eigenvalue weighted by Gasteiger charge is -2.35. The quantitative estimate of drug-likeness (QED) is 0.0787. The molecule has 6 aromatic rings. The monoisotopic (exact) mass is 860 g/mol. The van der Waals surface area contributed by atoms with Gasteiger partial charge in [-0.2, -0.15) is 0 Å². The first-order valence-corrected chi connectivity index (χ1v) is 21.6. The Morgan fingerprint density at radius 1 is 1.12 bits per heavy atom. The molecule has 4 heterocycles. The molecule has 8 rings (SSSR count). The van der Waals surface area contributed by atoms with Gasteiger partial charge in [0.15, 0.2) is 0 Å². The van der Waals surface area contributed by atoms with E-state index in [0.29, 0.717) is 45.4 Å². The molecule has 294 valence electrons. The Morgan fingerprint density at radius 3 is 2.71 bits per heavy atom. The molecular weight excluding hydrogens is 817 g/mol. The number of phenols is 1. The first kappa shape index (κ1) is 38.9. The molecule has 12 nitrogen and oxygen atoms in total. The van der Waals surface area contributed by atoms with Crippen LogP contribution < -0.4 is 10.9 Å². The van der Waals surface area contributed by atoms with Crippen LogP contribution in [0.5, 0.6) is 5.75 Å². The first-order valence-electron chi connectivity index (χ1n) is 19.1. The third-order valence-corrected chi connectivity index (χ3v) is 14.1. The van der Waals surface area contributed by atoms with Crippen LogP contribution in [0.2, 0.25) is 0 Å². The number of hydrogen-bond donors (Lipinski definition) is 5. The fourth-order valence-corrected chi connectivity index (χ4v) is 10.8. The van der Waals surface area contributed by atoms with Gasteiger partial charge < -0.3 is 35.3 Å². The lowest BCUT2D eigenvalue weighted by Crippen LogP contribution is -2.42. The number of aliphatic hydroxyl groups excluding tert-OH is 1. The molecule has 1 unspecified atom stereocenters. The third kappa shape index (κ3) is 7.70. The van der Waals surface area contributed by atoms with E-state index in [0.717, 1.165) is 79.3 Å². The van der Waals surface area contributed by atoms with Crippen LogP contribution in [0.1, 0.15) is 76.6 Å². The second kappa shape index (κ2) is 16.5. The summed E-state index contributed by atoms with van der Waals surface area (Å²) >= 11 is 6.14. The van der Waals surface area contributed by atoms with E-state index in [1.54, 1.807) is 24.3 Å². The van der Waals surface area contributed by atoms with E-state index in [1.165, 1.54) is 51.5 Å². The number of benzene rings is 2. The van der Waals surface area contributed by atoms with E-state index in [9.17, 15) is 24.9 Å². The molecule has 0 radical (unpaired) electrons. The number of thiophene rings is 2. The predicted octanol–water partition coefficient (Wildman–Crippen LogP) is 6.29. The SMILES string of the molecule is CN(CCCn1nnc2cc(CNC[C@H](O)c3ccc(O)c4[nH]c(=O)ccc34)c3c(c21)CCC3)[C@H]1CC[C@H](OC(=O)C(O)(c2cccs2)c2ccc(Br)s2)CC1. The van der Waals surface area contributed by atoms with Crippen LogP contribution in [0.4, 0.5) is 0 Å². The lowest BCUT2D eigenvalue weighted by molar-refractivity contribution is -0.169. The van der Waals surface area contributed by atoms with Crippen molar-refractivity contribution in [3.63, 3.8) is 0 Å². The van der Waals surface area contributed by atoms with Crippen LogP contribution in [0.3, 0.4) is 0 Å². The summed E-state index contributed by atoms with van der Waals surface area (Å²) in [6, 6.07) is 15.9. The maximum atomic E-state index is 13.5. The average Bonchev–Trinajstić information content (AvgIpc) is 4.03. The van der Waals surface area contributed by atoms with Gasteiger partial charge in [0.25, 0.3) is 0 Å². The fraction of sp³-hybridized carbons (Fsp3) is 0.415. The number of phenolic OH excluding ortho intramolecular Hbond substituents is 1. The number of nitrogens with zero attached hydrogens (tertiary/aromatic N) is 4. The van der Waals surface area contributed by atoms with Crippen molar-refractivity contribution >= 4 is 66.5 Å². The summed E-state index contributed by atoms with van der Waals surface area (Å²) in [5, 5.41) is 48.1. The van der Waals surface area contributed by atoms with Gasteiger partial charge in [0, 0.05) is 37.1 Å². The number of aromatic nitrogens is 4. The van der Waals surface area contributed by atoms with Crippen molar-refractivity contribution in [2.24, 2.45) is 0 Å². The molecule has 0 amide bonds. The van der Waals surface area contributed by atoms with Gasteiger partial charge in [-0.3, -0.25) is 4.79 Å². The Bertz CT molecular complexity index is 2400. The van der Waals surface area contributed by atoms with Gasteiger partial charge in [-0.1, -0.05) is 17.3 Å². The second-order valence-corrected chi connectivity index (χ2v) is 18.3. The number of nitrogens with one attached hydrogen (secondary N) is 2. The van der Waals surface area contributed by atoms with Crippen molar-refractivity contribution in [2.45, 2.75) is 88.3 Å². The number of aromatic amines is 1. The van der Waals surface area contributed by atoms with E-state index in [2.05, 4.69) is 59.2 Å². The van der Waals surface area contributed by atoms with Gasteiger partial charge >= 0.3 is 5.97 Å². The number of fused-ring (bicyclic) bond motifs is 4. The van der Waals surface area contributed by atoms with Gasteiger partial charge in [0.1, 0.15) is 17.4 Å². The zero-order valence-electron chi connectivity index (χ0n) is 31.0. The minimum Gasteiger partial charge on any atom is -0.506 e. The molecule has 2 atom stereocenters. The van der Waals surface area contributed by atoms with Gasteiger partial charge in [-0.25, -0.2) is 9.48 Å². The molecule has 2 aliphatic carbocycles. The number of rotatable bonds is 14. The molecule has 2 aliphatic rings. The third-order valence-electron chi connectivity index (χ3n) is 11.4. The molecule has 56 heavy (non-hydrogen) atoms. The highest BCUT2D eigenvalue weighted by atomic mass is 79.9. The second-order valence-electron chi connectivity index (χ2n) is 14.9. The Labute approximate surface area is 340 Å². The van der Waals surface area contributed by atoms with Crippen molar-refractivity contribution in [2.75, 3.05) is 20.1 Å². The topological polar surface area (TPSA) is 166 Å². The van der Waals surface area contributed by atoms with Gasteiger partial charge in [0.2, 0.25) is 11.2 Å². The number of aryl methyl sites for hydroxylation is 2. The number of esters is 1. The molecular formula is C41H45BrN6O6S2. The average molecular weight is 862 g/mol. The number of carbonyl (C=O) groups excluding carboxylic acids is 1. The molecule has 2 aromatic carbocycles. The van der Waals surface area contributed by atoms with Crippen LogP contribution >= 0.6 is 38.6 Å². The standard InChI is InChI=1S/C41H45BrN6O6S2/c1-47(25-8-10-26(11-9-25)54-40(52)41(53,34-7-3-20-55-34)35-15-16-36(42)56-35)18-4-19-48-39-30-6-2-5-27(30)24(21-31(39)45-46-48)22-43-23-33(50)28-12-14-32(49)38-29(28)13-17-37(51)44-38/h3,7,12-17,20-21,25-26,33,43,49-50,53H,2,4-6,8-11,18-19,22-23H2,1H3,(H,44,51)/t25-,26-,33-,41?/m0/s1. The maximum Gasteiger partial charge on any atom is 0.349 e. The van der Waals surface area contributed by atoms with Crippen LogP contribution in [0.25, 0.3) is 21.9 Å². The van der Waals surface area contributed by atoms with Crippen molar-refractivity contribution in [3.8, 4) is 5.75 Å². The number of ether oxygens (including phenoxy) is 1. The van der Waals surface area contributed by atoms with Crippen LogP contribution in [-0.4, -0.2) is 78.4 Å². The summed E-state index contributed by atoms with van der Waals surface area (Å²) in [6.45, 7) is 2.53. The van der Waals surface area contributed by atoms with E-state index in [-0.39, 0.29) is 17.4 Å². The number of aliphatic hydroxyl groups is 2. The van der Waals surface area contributed by atoms with E-state index >= 15 is 0 Å². The Kier molecular flexibility index (Phi) is 11.5. The van der Waals surface area contributed by atoms with Gasteiger partial charge in [0.05, 0.1) is 30.7 Å². The highest BCUT2D eigenvalue weighted by molar-refractivity contribution is 9.11. The van der Waals surface area contributed by atoms with E-state index in [4.69, 9.17) is 4.74 Å². The first-order chi connectivity index (χ1) is 27.1. The number of H-pyrrole nitrogens is 1. The zero-order valence-corrected chi connectivity index (χ0v) is 34.3. The lowest BCUT2D eigenvalue weighted by atomic mass is 9.91.